The lowest BCUT2D eigenvalue weighted by atomic mass is 10.1. The number of carbonyl (C=O) groups excluding carboxylic acids is 1. The third-order valence-electron chi connectivity index (χ3n) is 3.22. The van der Waals surface area contributed by atoms with Gasteiger partial charge in [-0.2, -0.15) is 0 Å². The van der Waals surface area contributed by atoms with Crippen LogP contribution in [-0.4, -0.2) is 42.7 Å². The van der Waals surface area contributed by atoms with Gasteiger partial charge in [0.25, 0.3) is 0 Å². The molecule has 0 radical (unpaired) electrons. The largest absolute Gasteiger partial charge is 0.497 e. The van der Waals surface area contributed by atoms with Crippen LogP contribution in [0.5, 0.6) is 11.5 Å². The van der Waals surface area contributed by atoms with Gasteiger partial charge in [-0.15, -0.1) is 23.4 Å². The molecule has 1 aromatic carbocycles. The third kappa shape index (κ3) is 2.99. The Kier molecular flexibility index (Phi) is 5.05. The number of hydrogen-bond donors (Lipinski definition) is 0. The Morgan fingerprint density at radius 3 is 2.80 bits per heavy atom. The van der Waals surface area contributed by atoms with Gasteiger partial charge in [0.1, 0.15) is 22.2 Å². The number of benzene rings is 1. The van der Waals surface area contributed by atoms with Gasteiger partial charge >= 0.3 is 0 Å². The minimum absolute atomic E-state index is 0.0421. The van der Waals surface area contributed by atoms with E-state index in [9.17, 15) is 4.79 Å². The van der Waals surface area contributed by atoms with Crippen LogP contribution in [0.3, 0.4) is 0 Å². The third-order valence-corrected chi connectivity index (χ3v) is 4.65. The molecule has 2 atom stereocenters. The highest BCUT2D eigenvalue weighted by Crippen LogP contribution is 2.43. The SMILES string of the molecule is COc1ccc(C2SCCN2C(=O)C(C)Cl)c(OC)c1. The molecule has 1 fully saturated rings. The number of hydrogen-bond acceptors (Lipinski definition) is 4. The highest BCUT2D eigenvalue weighted by Gasteiger charge is 2.34. The maximum atomic E-state index is 12.2. The van der Waals surface area contributed by atoms with E-state index in [4.69, 9.17) is 21.1 Å². The average molecular weight is 316 g/mol. The lowest BCUT2D eigenvalue weighted by Gasteiger charge is -2.26. The van der Waals surface area contributed by atoms with Crippen molar-refractivity contribution in [1.29, 1.82) is 0 Å². The highest BCUT2D eigenvalue weighted by molar-refractivity contribution is 7.99. The van der Waals surface area contributed by atoms with Crippen molar-refractivity contribution in [3.63, 3.8) is 0 Å². The van der Waals surface area contributed by atoms with Crippen molar-refractivity contribution in [3.8, 4) is 11.5 Å². The van der Waals surface area contributed by atoms with Crippen molar-refractivity contribution < 1.29 is 14.3 Å². The highest BCUT2D eigenvalue weighted by atomic mass is 35.5. The smallest absolute Gasteiger partial charge is 0.241 e. The second-order valence-corrected chi connectivity index (χ2v) is 6.32. The van der Waals surface area contributed by atoms with E-state index in [1.54, 1.807) is 32.9 Å². The van der Waals surface area contributed by atoms with Crippen molar-refractivity contribution in [3.05, 3.63) is 23.8 Å². The number of nitrogens with zero attached hydrogens (tertiary/aromatic N) is 1. The van der Waals surface area contributed by atoms with Crippen molar-refractivity contribution in [1.82, 2.24) is 4.90 Å². The first-order valence-corrected chi connectivity index (χ1v) is 7.85. The van der Waals surface area contributed by atoms with E-state index >= 15 is 0 Å². The topological polar surface area (TPSA) is 38.8 Å². The van der Waals surface area contributed by atoms with Gasteiger partial charge in [0, 0.05) is 23.9 Å². The monoisotopic (exact) mass is 315 g/mol. The minimum atomic E-state index is -0.513. The van der Waals surface area contributed by atoms with Gasteiger partial charge < -0.3 is 14.4 Å². The summed E-state index contributed by atoms with van der Waals surface area (Å²) in [4.78, 5) is 14.0. The zero-order chi connectivity index (χ0) is 14.7. The van der Waals surface area contributed by atoms with Gasteiger partial charge in [-0.25, -0.2) is 0 Å². The lowest BCUT2D eigenvalue weighted by molar-refractivity contribution is -0.130. The number of rotatable bonds is 4. The van der Waals surface area contributed by atoms with Crippen molar-refractivity contribution in [2.45, 2.75) is 17.7 Å². The molecule has 1 aliphatic heterocycles. The van der Waals surface area contributed by atoms with Gasteiger partial charge in [-0.1, -0.05) is 0 Å². The van der Waals surface area contributed by atoms with Crippen molar-refractivity contribution in [2.75, 3.05) is 26.5 Å². The summed E-state index contributed by atoms with van der Waals surface area (Å²) in [5.74, 6) is 2.32. The Morgan fingerprint density at radius 2 is 2.20 bits per heavy atom. The quantitative estimate of drug-likeness (QED) is 0.801. The van der Waals surface area contributed by atoms with E-state index in [0.717, 1.165) is 22.8 Å². The van der Waals surface area contributed by atoms with Crippen LogP contribution >= 0.6 is 23.4 Å². The molecule has 4 nitrogen and oxygen atoms in total. The summed E-state index contributed by atoms with van der Waals surface area (Å²) in [6.07, 6.45) is 0. The fourth-order valence-electron chi connectivity index (χ4n) is 2.20. The molecular weight excluding hydrogens is 298 g/mol. The summed E-state index contributed by atoms with van der Waals surface area (Å²) in [5.41, 5.74) is 0.974. The maximum Gasteiger partial charge on any atom is 0.241 e. The fourth-order valence-corrected chi connectivity index (χ4v) is 3.62. The van der Waals surface area contributed by atoms with Crippen LogP contribution in [0.4, 0.5) is 0 Å². The minimum Gasteiger partial charge on any atom is -0.497 e. The molecule has 6 heteroatoms. The van der Waals surface area contributed by atoms with Crippen LogP contribution in [0.1, 0.15) is 17.9 Å². The Labute approximate surface area is 128 Å². The fraction of sp³-hybridized carbons (Fsp3) is 0.500. The second kappa shape index (κ2) is 6.59. The van der Waals surface area contributed by atoms with Crippen LogP contribution < -0.4 is 9.47 Å². The van der Waals surface area contributed by atoms with Crippen LogP contribution in [0.25, 0.3) is 0 Å². The molecule has 0 N–H and O–H groups in total. The summed E-state index contributed by atoms with van der Waals surface area (Å²) < 4.78 is 10.6. The molecule has 1 amide bonds. The van der Waals surface area contributed by atoms with Crippen LogP contribution in [-0.2, 0) is 4.79 Å². The molecule has 0 saturated carbocycles. The van der Waals surface area contributed by atoms with Crippen LogP contribution in [0, 0.1) is 0 Å². The molecule has 20 heavy (non-hydrogen) atoms. The van der Waals surface area contributed by atoms with E-state index in [-0.39, 0.29) is 11.3 Å². The lowest BCUT2D eigenvalue weighted by Crippen LogP contribution is -2.35. The van der Waals surface area contributed by atoms with Crippen molar-refractivity contribution >= 4 is 29.3 Å². The number of ether oxygens (including phenoxy) is 2. The first kappa shape index (κ1) is 15.3. The molecule has 1 heterocycles. The standard InChI is InChI=1S/C14H18ClNO3S/c1-9(15)13(17)16-6-7-20-14(16)11-5-4-10(18-2)8-12(11)19-3/h4-5,8-9,14H,6-7H2,1-3H3. The zero-order valence-corrected chi connectivity index (χ0v) is 13.3. The molecule has 1 aromatic rings. The maximum absolute atomic E-state index is 12.2. The number of halogens is 1. The summed E-state index contributed by atoms with van der Waals surface area (Å²) in [7, 11) is 3.23. The summed E-state index contributed by atoms with van der Waals surface area (Å²) in [6, 6.07) is 5.66. The summed E-state index contributed by atoms with van der Waals surface area (Å²) in [6.45, 7) is 2.41. The Balaban J connectivity index is 2.32. The molecule has 2 unspecified atom stereocenters. The van der Waals surface area contributed by atoms with Gasteiger partial charge in [-0.3, -0.25) is 4.79 Å². The average Bonchev–Trinajstić information content (AvgIpc) is 2.94. The van der Waals surface area contributed by atoms with Crippen LogP contribution in [0.2, 0.25) is 0 Å². The van der Waals surface area contributed by atoms with E-state index in [2.05, 4.69) is 0 Å². The van der Waals surface area contributed by atoms with Gasteiger partial charge in [0.05, 0.1) is 14.2 Å². The first-order chi connectivity index (χ1) is 9.58. The first-order valence-electron chi connectivity index (χ1n) is 6.36. The Hall–Kier alpha value is -1.07. The van der Waals surface area contributed by atoms with Crippen molar-refractivity contribution in [2.24, 2.45) is 0 Å². The Bertz CT molecular complexity index is 495. The van der Waals surface area contributed by atoms with Crippen LogP contribution in [0.15, 0.2) is 18.2 Å². The molecule has 2 rings (SSSR count). The van der Waals surface area contributed by atoms with Gasteiger partial charge in [0.2, 0.25) is 5.91 Å². The predicted octanol–water partition coefficient (Wildman–Crippen LogP) is 2.91. The molecule has 0 aliphatic carbocycles. The van der Waals surface area contributed by atoms with E-state index in [1.165, 1.54) is 0 Å². The number of thioether (sulfide) groups is 1. The number of methoxy groups -OCH3 is 2. The normalized spacial score (nSPS) is 19.8. The molecule has 0 aromatic heterocycles. The summed E-state index contributed by atoms with van der Waals surface area (Å²) in [5, 5.41) is -0.565. The molecule has 0 spiro atoms. The Morgan fingerprint density at radius 1 is 1.45 bits per heavy atom. The molecular formula is C14H18ClNO3S. The predicted molar refractivity (Wildman–Crippen MR) is 81.8 cm³/mol. The number of carbonyl (C=O) groups is 1. The second-order valence-electron chi connectivity index (χ2n) is 4.48. The van der Waals surface area contributed by atoms with Gasteiger partial charge in [-0.05, 0) is 19.1 Å². The zero-order valence-electron chi connectivity index (χ0n) is 11.8. The van der Waals surface area contributed by atoms with E-state index in [1.807, 2.05) is 23.1 Å². The van der Waals surface area contributed by atoms with E-state index in [0.29, 0.717) is 6.54 Å². The molecule has 1 saturated heterocycles. The summed E-state index contributed by atoms with van der Waals surface area (Å²) >= 11 is 7.65. The molecule has 1 aliphatic rings. The van der Waals surface area contributed by atoms with E-state index < -0.39 is 5.38 Å². The number of amides is 1. The molecule has 110 valence electrons. The molecule has 0 bridgehead atoms. The number of alkyl halides is 1. The van der Waals surface area contributed by atoms with Gasteiger partial charge in [0.15, 0.2) is 0 Å².